The van der Waals surface area contributed by atoms with Gasteiger partial charge < -0.3 is 9.05 Å². The molecule has 8 heteroatoms. The fourth-order valence-electron chi connectivity index (χ4n) is 2.67. The van der Waals surface area contributed by atoms with E-state index in [0.29, 0.717) is 0 Å². The van der Waals surface area contributed by atoms with Crippen molar-refractivity contribution in [2.75, 3.05) is 18.1 Å². The van der Waals surface area contributed by atoms with Crippen molar-refractivity contribution in [2.24, 2.45) is 0 Å². The molecule has 3 rings (SSSR count). The van der Waals surface area contributed by atoms with Gasteiger partial charge in [-0.2, -0.15) is 0 Å². The highest BCUT2D eigenvalue weighted by Gasteiger charge is 2.41. The van der Waals surface area contributed by atoms with Crippen LogP contribution in [-0.4, -0.2) is 30.0 Å². The number of fused-ring (bicyclic) bond motifs is 1. The molecule has 0 atom stereocenters. The first-order valence-corrected chi connectivity index (χ1v) is 9.40. The Hall–Kier alpha value is -2.34. The number of amides is 2. The lowest BCUT2D eigenvalue weighted by molar-refractivity contribution is 0.0925. The SMILES string of the molecule is CCOP(=O)(OCC)c1cccnc1N1C(=O)c2ccccc2C1=O. The van der Waals surface area contributed by atoms with E-state index in [9.17, 15) is 14.2 Å². The molecule has 2 heterocycles. The zero-order valence-corrected chi connectivity index (χ0v) is 14.7. The number of pyridine rings is 1. The van der Waals surface area contributed by atoms with E-state index in [4.69, 9.17) is 9.05 Å². The summed E-state index contributed by atoms with van der Waals surface area (Å²) in [6.45, 7) is 3.66. The Morgan fingerprint density at radius 2 is 1.52 bits per heavy atom. The van der Waals surface area contributed by atoms with Gasteiger partial charge in [-0.25, -0.2) is 9.88 Å². The number of nitrogens with zero attached hydrogens (tertiary/aromatic N) is 2. The van der Waals surface area contributed by atoms with E-state index in [2.05, 4.69) is 4.98 Å². The topological polar surface area (TPSA) is 85.8 Å². The van der Waals surface area contributed by atoms with E-state index < -0.39 is 19.4 Å². The predicted octanol–water partition coefficient (Wildman–Crippen LogP) is 2.77. The Kier molecular flexibility index (Phi) is 4.81. The van der Waals surface area contributed by atoms with Crippen molar-refractivity contribution < 1.29 is 23.2 Å². The Bertz CT molecular complexity index is 838. The molecule has 0 bridgehead atoms. The van der Waals surface area contributed by atoms with Crippen LogP contribution in [0.25, 0.3) is 0 Å². The largest absolute Gasteiger partial charge is 0.365 e. The highest BCUT2D eigenvalue weighted by molar-refractivity contribution is 7.62. The molecule has 2 amide bonds. The number of aromatic nitrogens is 1. The van der Waals surface area contributed by atoms with Gasteiger partial charge >= 0.3 is 7.60 Å². The molecule has 7 nitrogen and oxygen atoms in total. The fourth-order valence-corrected chi connectivity index (χ4v) is 4.38. The average Bonchev–Trinajstić information content (AvgIpc) is 2.87. The molecule has 130 valence electrons. The van der Waals surface area contributed by atoms with Crippen LogP contribution in [0, 0.1) is 0 Å². The van der Waals surface area contributed by atoms with Crippen LogP contribution in [0.4, 0.5) is 5.82 Å². The number of benzene rings is 1. The number of anilines is 1. The molecule has 0 aliphatic carbocycles. The van der Waals surface area contributed by atoms with E-state index in [0.717, 1.165) is 4.90 Å². The molecule has 0 saturated carbocycles. The second kappa shape index (κ2) is 6.88. The first kappa shape index (κ1) is 17.5. The van der Waals surface area contributed by atoms with Gasteiger partial charge in [-0.15, -0.1) is 0 Å². The summed E-state index contributed by atoms with van der Waals surface area (Å²) in [5.74, 6) is -1.06. The van der Waals surface area contributed by atoms with Gasteiger partial charge in [-0.1, -0.05) is 12.1 Å². The summed E-state index contributed by atoms with van der Waals surface area (Å²) in [7, 11) is -3.72. The van der Waals surface area contributed by atoms with Crippen molar-refractivity contribution >= 4 is 30.5 Å². The van der Waals surface area contributed by atoms with Gasteiger partial charge in [0, 0.05) is 6.20 Å². The maximum absolute atomic E-state index is 13.1. The van der Waals surface area contributed by atoms with Crippen LogP contribution < -0.4 is 10.2 Å². The fraction of sp³-hybridized carbons (Fsp3) is 0.235. The van der Waals surface area contributed by atoms with E-state index in [1.807, 2.05) is 0 Å². The van der Waals surface area contributed by atoms with Crippen molar-refractivity contribution in [1.82, 2.24) is 4.98 Å². The number of carbonyl (C=O) groups excluding carboxylic acids is 2. The van der Waals surface area contributed by atoms with Gasteiger partial charge in [-0.3, -0.25) is 14.2 Å². The molecule has 0 radical (unpaired) electrons. The van der Waals surface area contributed by atoms with Gasteiger partial charge in [0.05, 0.1) is 24.3 Å². The Morgan fingerprint density at radius 1 is 0.960 bits per heavy atom. The van der Waals surface area contributed by atoms with Crippen LogP contribution >= 0.6 is 7.60 Å². The van der Waals surface area contributed by atoms with Crippen LogP contribution in [0.3, 0.4) is 0 Å². The standard InChI is InChI=1S/C17H17N2O5P/c1-3-23-25(22,24-4-2)14-10-7-11-18-15(14)19-16(20)12-8-5-6-9-13(12)17(19)21/h5-11H,3-4H2,1-2H3. The molecule has 1 aromatic heterocycles. The van der Waals surface area contributed by atoms with Crippen molar-refractivity contribution in [3.8, 4) is 0 Å². The maximum atomic E-state index is 13.1. The van der Waals surface area contributed by atoms with Crippen LogP contribution in [-0.2, 0) is 13.6 Å². The van der Waals surface area contributed by atoms with E-state index >= 15 is 0 Å². The smallest absolute Gasteiger partial charge is 0.305 e. The van der Waals surface area contributed by atoms with Gasteiger partial charge in [0.1, 0.15) is 5.30 Å². The van der Waals surface area contributed by atoms with Gasteiger partial charge in [-0.05, 0) is 38.1 Å². The Labute approximate surface area is 145 Å². The normalized spacial score (nSPS) is 14.1. The van der Waals surface area contributed by atoms with Crippen molar-refractivity contribution in [2.45, 2.75) is 13.8 Å². The summed E-state index contributed by atoms with van der Waals surface area (Å²) in [5.41, 5.74) is 0.568. The third kappa shape index (κ3) is 2.91. The Balaban J connectivity index is 2.13. The average molecular weight is 360 g/mol. The molecule has 1 aliphatic rings. The van der Waals surface area contributed by atoms with E-state index in [1.165, 1.54) is 12.3 Å². The molecular weight excluding hydrogens is 343 g/mol. The zero-order valence-electron chi connectivity index (χ0n) is 13.8. The number of carbonyl (C=O) groups is 2. The minimum atomic E-state index is -3.72. The lowest BCUT2D eigenvalue weighted by Crippen LogP contribution is -2.34. The summed E-state index contributed by atoms with van der Waals surface area (Å²) >= 11 is 0. The van der Waals surface area contributed by atoms with Crippen LogP contribution in [0.15, 0.2) is 42.6 Å². The highest BCUT2D eigenvalue weighted by atomic mass is 31.2. The molecular formula is C17H17N2O5P. The van der Waals surface area contributed by atoms with Crippen molar-refractivity contribution in [3.63, 3.8) is 0 Å². The molecule has 0 saturated heterocycles. The quantitative estimate of drug-likeness (QED) is 0.582. The summed E-state index contributed by atoms with van der Waals surface area (Å²) in [4.78, 5) is 30.4. The lowest BCUT2D eigenvalue weighted by atomic mass is 10.1. The minimum absolute atomic E-state index is 0.0288. The molecule has 0 spiro atoms. The van der Waals surface area contributed by atoms with Crippen molar-refractivity contribution in [3.05, 3.63) is 53.7 Å². The van der Waals surface area contributed by atoms with E-state index in [-0.39, 0.29) is 35.5 Å². The maximum Gasteiger partial charge on any atom is 0.365 e. The summed E-state index contributed by atoms with van der Waals surface area (Å²) in [6, 6.07) is 9.56. The first-order valence-electron chi connectivity index (χ1n) is 7.86. The Morgan fingerprint density at radius 3 is 2.04 bits per heavy atom. The van der Waals surface area contributed by atoms with Crippen LogP contribution in [0.1, 0.15) is 34.6 Å². The highest BCUT2D eigenvalue weighted by Crippen LogP contribution is 2.49. The molecule has 0 unspecified atom stereocenters. The van der Waals surface area contributed by atoms with E-state index in [1.54, 1.807) is 44.2 Å². The monoisotopic (exact) mass is 360 g/mol. The van der Waals surface area contributed by atoms with Crippen LogP contribution in [0.2, 0.25) is 0 Å². The van der Waals surface area contributed by atoms with Crippen LogP contribution in [0.5, 0.6) is 0 Å². The second-order valence-corrected chi connectivity index (χ2v) is 7.16. The molecule has 1 aliphatic heterocycles. The predicted molar refractivity (Wildman–Crippen MR) is 92.3 cm³/mol. The van der Waals surface area contributed by atoms with Crippen molar-refractivity contribution in [1.29, 1.82) is 0 Å². The number of hydrogen-bond donors (Lipinski definition) is 0. The number of hydrogen-bond acceptors (Lipinski definition) is 6. The van der Waals surface area contributed by atoms with Gasteiger partial charge in [0.2, 0.25) is 0 Å². The second-order valence-electron chi connectivity index (χ2n) is 5.17. The number of imide groups is 1. The summed E-state index contributed by atoms with van der Waals surface area (Å²) < 4.78 is 23.8. The zero-order chi connectivity index (χ0) is 18.0. The summed E-state index contributed by atoms with van der Waals surface area (Å²) in [5, 5.41) is 0.0909. The molecule has 2 aromatic rings. The third-order valence-electron chi connectivity index (χ3n) is 3.67. The molecule has 1 aromatic carbocycles. The third-order valence-corrected chi connectivity index (χ3v) is 5.80. The molecule has 0 N–H and O–H groups in total. The molecule has 0 fully saturated rings. The molecule has 25 heavy (non-hydrogen) atoms. The summed E-state index contributed by atoms with van der Waals surface area (Å²) in [6.07, 6.45) is 1.42. The minimum Gasteiger partial charge on any atom is -0.305 e. The lowest BCUT2D eigenvalue weighted by Gasteiger charge is -2.22. The van der Waals surface area contributed by atoms with Gasteiger partial charge in [0.25, 0.3) is 11.8 Å². The van der Waals surface area contributed by atoms with Gasteiger partial charge in [0.15, 0.2) is 5.82 Å². The first-order chi connectivity index (χ1) is 12.0. The number of rotatable bonds is 6.